The van der Waals surface area contributed by atoms with Crippen molar-refractivity contribution in [3.05, 3.63) is 0 Å². The third-order valence-electron chi connectivity index (χ3n) is 3.19. The Morgan fingerprint density at radius 2 is 2.19 bits per heavy atom. The van der Waals surface area contributed by atoms with E-state index in [0.717, 1.165) is 19.6 Å². The summed E-state index contributed by atoms with van der Waals surface area (Å²) in [7, 11) is 0. The molecule has 3 heteroatoms. The molecule has 1 N–H and O–H groups in total. The van der Waals surface area contributed by atoms with Gasteiger partial charge in [-0.05, 0) is 38.6 Å². The van der Waals surface area contributed by atoms with E-state index in [9.17, 15) is 4.79 Å². The summed E-state index contributed by atoms with van der Waals surface area (Å²) in [5, 5.41) is 3.32. The first-order chi connectivity index (χ1) is 7.61. The lowest BCUT2D eigenvalue weighted by Gasteiger charge is -2.33. The predicted molar refractivity (Wildman–Crippen MR) is 67.4 cm³/mol. The summed E-state index contributed by atoms with van der Waals surface area (Å²) in [6, 6.07) is 0.450. The maximum atomic E-state index is 11.9. The molecule has 1 aliphatic rings. The molecular formula is C13H26N2O. The van der Waals surface area contributed by atoms with Gasteiger partial charge in [0.15, 0.2) is 0 Å². The van der Waals surface area contributed by atoms with Gasteiger partial charge in [0.2, 0.25) is 5.91 Å². The highest BCUT2D eigenvalue weighted by molar-refractivity contribution is 5.76. The van der Waals surface area contributed by atoms with Crippen molar-refractivity contribution in [1.82, 2.24) is 10.2 Å². The van der Waals surface area contributed by atoms with Crippen molar-refractivity contribution < 1.29 is 4.79 Å². The Morgan fingerprint density at radius 3 is 2.81 bits per heavy atom. The molecule has 0 aromatic carbocycles. The third-order valence-corrected chi connectivity index (χ3v) is 3.19. The van der Waals surface area contributed by atoms with E-state index in [2.05, 4.69) is 31.0 Å². The van der Waals surface area contributed by atoms with Crippen LogP contribution in [0.25, 0.3) is 0 Å². The summed E-state index contributed by atoms with van der Waals surface area (Å²) >= 11 is 0. The second-order valence-corrected chi connectivity index (χ2v) is 5.28. The van der Waals surface area contributed by atoms with E-state index in [1.54, 1.807) is 0 Å². The van der Waals surface area contributed by atoms with Crippen molar-refractivity contribution in [1.29, 1.82) is 0 Å². The Bertz CT molecular complexity index is 216. The van der Waals surface area contributed by atoms with Crippen LogP contribution in [-0.2, 0) is 4.79 Å². The molecule has 0 aromatic rings. The minimum Gasteiger partial charge on any atom is -0.340 e. The summed E-state index contributed by atoms with van der Waals surface area (Å²) in [5.41, 5.74) is 0. The quantitative estimate of drug-likeness (QED) is 0.727. The van der Waals surface area contributed by atoms with Crippen LogP contribution in [0.2, 0.25) is 0 Å². The number of piperidine rings is 1. The molecule has 1 unspecified atom stereocenters. The molecule has 0 radical (unpaired) electrons. The zero-order chi connectivity index (χ0) is 12.0. The van der Waals surface area contributed by atoms with Crippen molar-refractivity contribution in [3.63, 3.8) is 0 Å². The topological polar surface area (TPSA) is 32.3 Å². The third kappa shape index (κ3) is 4.52. The predicted octanol–water partition coefficient (Wildman–Crippen LogP) is 2.02. The number of nitrogens with one attached hydrogen (secondary N) is 1. The van der Waals surface area contributed by atoms with Gasteiger partial charge in [0, 0.05) is 25.6 Å². The number of likely N-dealkylation sites (tertiary alicyclic amines) is 1. The van der Waals surface area contributed by atoms with Crippen molar-refractivity contribution in [2.24, 2.45) is 5.92 Å². The van der Waals surface area contributed by atoms with Gasteiger partial charge in [-0.2, -0.15) is 0 Å². The molecule has 16 heavy (non-hydrogen) atoms. The molecule has 1 rings (SSSR count). The Morgan fingerprint density at radius 1 is 1.44 bits per heavy atom. The van der Waals surface area contributed by atoms with Gasteiger partial charge >= 0.3 is 0 Å². The minimum absolute atomic E-state index is 0.323. The van der Waals surface area contributed by atoms with Gasteiger partial charge in [-0.25, -0.2) is 0 Å². The van der Waals surface area contributed by atoms with Crippen LogP contribution in [0.5, 0.6) is 0 Å². The Hall–Kier alpha value is -0.570. The molecule has 1 saturated heterocycles. The smallest absolute Gasteiger partial charge is 0.224 e. The minimum atomic E-state index is 0.323. The number of hydrogen-bond donors (Lipinski definition) is 1. The monoisotopic (exact) mass is 226 g/mol. The Balaban J connectivity index is 2.18. The Kier molecular flexibility index (Phi) is 5.81. The van der Waals surface area contributed by atoms with Crippen LogP contribution < -0.4 is 5.32 Å². The van der Waals surface area contributed by atoms with Gasteiger partial charge in [0.1, 0.15) is 0 Å². The van der Waals surface area contributed by atoms with Gasteiger partial charge in [-0.1, -0.05) is 13.8 Å². The molecule has 0 aliphatic carbocycles. The van der Waals surface area contributed by atoms with Gasteiger partial charge in [0.05, 0.1) is 0 Å². The molecule has 3 nitrogen and oxygen atoms in total. The molecule has 1 atom stereocenters. The fraction of sp³-hybridized carbons (Fsp3) is 0.923. The maximum absolute atomic E-state index is 11.9. The molecule has 1 heterocycles. The lowest BCUT2D eigenvalue weighted by atomic mass is 10.0. The van der Waals surface area contributed by atoms with Crippen molar-refractivity contribution >= 4 is 5.91 Å². The van der Waals surface area contributed by atoms with Crippen LogP contribution in [0, 0.1) is 5.92 Å². The zero-order valence-electron chi connectivity index (χ0n) is 11.0. The molecule has 0 spiro atoms. The summed E-state index contributed by atoms with van der Waals surface area (Å²) in [4.78, 5) is 14.0. The summed E-state index contributed by atoms with van der Waals surface area (Å²) < 4.78 is 0. The first kappa shape index (κ1) is 13.5. The number of carbonyl (C=O) groups excluding carboxylic acids is 1. The molecular weight excluding hydrogens is 200 g/mol. The molecule has 0 bridgehead atoms. The second-order valence-electron chi connectivity index (χ2n) is 5.28. The van der Waals surface area contributed by atoms with Crippen molar-refractivity contribution in [2.75, 3.05) is 19.6 Å². The van der Waals surface area contributed by atoms with Crippen molar-refractivity contribution in [3.8, 4) is 0 Å². The van der Waals surface area contributed by atoms with E-state index in [0.29, 0.717) is 24.3 Å². The standard InChI is InChI=1S/C13H26N2O/c1-11(2)10-14-8-7-13(16)15-9-5-4-6-12(15)3/h11-12,14H,4-10H2,1-3H3. The number of rotatable bonds is 5. The zero-order valence-corrected chi connectivity index (χ0v) is 11.0. The highest BCUT2D eigenvalue weighted by Crippen LogP contribution is 2.16. The van der Waals surface area contributed by atoms with Gasteiger partial charge < -0.3 is 10.2 Å². The van der Waals surface area contributed by atoms with Gasteiger partial charge in [-0.15, -0.1) is 0 Å². The first-order valence-corrected chi connectivity index (χ1v) is 6.61. The van der Waals surface area contributed by atoms with E-state index in [1.165, 1.54) is 19.3 Å². The number of nitrogens with zero attached hydrogens (tertiary/aromatic N) is 1. The molecule has 1 aliphatic heterocycles. The molecule has 94 valence electrons. The lowest BCUT2D eigenvalue weighted by molar-refractivity contribution is -0.134. The van der Waals surface area contributed by atoms with Crippen LogP contribution in [0.4, 0.5) is 0 Å². The van der Waals surface area contributed by atoms with E-state index in [4.69, 9.17) is 0 Å². The van der Waals surface area contributed by atoms with Crippen LogP contribution in [-0.4, -0.2) is 36.5 Å². The van der Waals surface area contributed by atoms with Crippen LogP contribution in [0.15, 0.2) is 0 Å². The van der Waals surface area contributed by atoms with E-state index in [-0.39, 0.29) is 0 Å². The number of amides is 1. The summed E-state index contributed by atoms with van der Waals surface area (Å²) in [6.45, 7) is 9.31. The van der Waals surface area contributed by atoms with Gasteiger partial charge in [0.25, 0.3) is 0 Å². The second kappa shape index (κ2) is 6.89. The van der Waals surface area contributed by atoms with E-state index in [1.807, 2.05) is 0 Å². The normalized spacial score (nSPS) is 21.5. The van der Waals surface area contributed by atoms with Crippen LogP contribution in [0.3, 0.4) is 0 Å². The fourth-order valence-corrected chi connectivity index (χ4v) is 2.20. The molecule has 0 aromatic heterocycles. The van der Waals surface area contributed by atoms with Crippen LogP contribution >= 0.6 is 0 Å². The maximum Gasteiger partial charge on any atom is 0.224 e. The average molecular weight is 226 g/mol. The Labute approximate surface area is 99.6 Å². The fourth-order valence-electron chi connectivity index (χ4n) is 2.20. The largest absolute Gasteiger partial charge is 0.340 e. The molecule has 0 saturated carbocycles. The van der Waals surface area contributed by atoms with E-state index >= 15 is 0 Å². The number of hydrogen-bond acceptors (Lipinski definition) is 2. The SMILES string of the molecule is CC(C)CNCCC(=O)N1CCCCC1C. The highest BCUT2D eigenvalue weighted by Gasteiger charge is 2.22. The van der Waals surface area contributed by atoms with Gasteiger partial charge in [-0.3, -0.25) is 4.79 Å². The number of carbonyl (C=O) groups is 1. The molecule has 1 amide bonds. The molecule has 1 fully saturated rings. The van der Waals surface area contributed by atoms with Crippen LogP contribution in [0.1, 0.15) is 46.5 Å². The summed E-state index contributed by atoms with van der Waals surface area (Å²) in [5.74, 6) is 0.979. The van der Waals surface area contributed by atoms with E-state index < -0.39 is 0 Å². The average Bonchev–Trinajstić information content (AvgIpc) is 2.24. The lowest BCUT2D eigenvalue weighted by Crippen LogP contribution is -2.43. The van der Waals surface area contributed by atoms with Crippen molar-refractivity contribution in [2.45, 2.75) is 52.5 Å². The highest BCUT2D eigenvalue weighted by atomic mass is 16.2. The summed E-state index contributed by atoms with van der Waals surface area (Å²) in [6.07, 6.45) is 4.27. The first-order valence-electron chi connectivity index (χ1n) is 6.61.